The first-order valence-corrected chi connectivity index (χ1v) is 8.24. The van der Waals surface area contributed by atoms with E-state index in [2.05, 4.69) is 26.6 Å². The number of anilines is 1. The molecule has 24 heavy (non-hydrogen) atoms. The molecule has 0 fully saturated rings. The quantitative estimate of drug-likeness (QED) is 0.716. The molecule has 0 aliphatic carbocycles. The van der Waals surface area contributed by atoms with Crippen molar-refractivity contribution in [3.8, 4) is 0 Å². The Morgan fingerprint density at radius 2 is 1.58 bits per heavy atom. The number of amides is 2. The highest BCUT2D eigenvalue weighted by Gasteiger charge is 2.09. The summed E-state index contributed by atoms with van der Waals surface area (Å²) in [5.41, 5.74) is 1.20. The average Bonchev–Trinajstić information content (AvgIpc) is 2.61. The summed E-state index contributed by atoms with van der Waals surface area (Å²) >= 11 is 3.36. The number of carbonyl (C=O) groups is 2. The van der Waals surface area contributed by atoms with E-state index in [9.17, 15) is 9.59 Å². The summed E-state index contributed by atoms with van der Waals surface area (Å²) < 4.78 is 0.791. The second-order valence-electron chi connectivity index (χ2n) is 5.27. The van der Waals surface area contributed by atoms with Crippen molar-refractivity contribution in [3.63, 3.8) is 0 Å². The van der Waals surface area contributed by atoms with Crippen LogP contribution in [0.5, 0.6) is 0 Å². The van der Waals surface area contributed by atoms with E-state index in [1.165, 1.54) is 0 Å². The van der Waals surface area contributed by atoms with Crippen molar-refractivity contribution in [1.82, 2.24) is 5.32 Å². The van der Waals surface area contributed by atoms with Gasteiger partial charge < -0.3 is 10.6 Å². The normalized spacial score (nSPS) is 10.4. The molecule has 0 aromatic heterocycles. The third kappa shape index (κ3) is 3.81. The number of halogens is 1. The Labute approximate surface area is 148 Å². The van der Waals surface area contributed by atoms with Crippen LogP contribution < -0.4 is 10.6 Å². The first-order chi connectivity index (χ1) is 11.6. The van der Waals surface area contributed by atoms with E-state index >= 15 is 0 Å². The summed E-state index contributed by atoms with van der Waals surface area (Å²) in [4.78, 5) is 24.2. The topological polar surface area (TPSA) is 58.2 Å². The van der Waals surface area contributed by atoms with Gasteiger partial charge in [-0.1, -0.05) is 42.5 Å². The Balaban J connectivity index is 1.62. The van der Waals surface area contributed by atoms with Gasteiger partial charge in [-0.3, -0.25) is 9.59 Å². The van der Waals surface area contributed by atoms with Crippen molar-refractivity contribution in [2.75, 3.05) is 11.9 Å². The minimum absolute atomic E-state index is 0.0903. The molecular formula is C19H15BrN2O2. The molecule has 0 unspecified atom stereocenters. The molecule has 120 valence electrons. The lowest BCUT2D eigenvalue weighted by atomic mass is 10.1. The monoisotopic (exact) mass is 382 g/mol. The van der Waals surface area contributed by atoms with Crippen LogP contribution in [-0.4, -0.2) is 18.4 Å². The highest BCUT2D eigenvalue weighted by molar-refractivity contribution is 9.10. The summed E-state index contributed by atoms with van der Waals surface area (Å²) in [7, 11) is 0. The molecule has 4 nitrogen and oxygen atoms in total. The van der Waals surface area contributed by atoms with E-state index in [4.69, 9.17) is 0 Å². The lowest BCUT2D eigenvalue weighted by Gasteiger charge is -2.09. The van der Waals surface area contributed by atoms with Gasteiger partial charge >= 0.3 is 0 Å². The van der Waals surface area contributed by atoms with E-state index in [0.29, 0.717) is 11.3 Å². The Kier molecular flexibility index (Phi) is 4.91. The molecular weight excluding hydrogens is 368 g/mol. The number of carbonyl (C=O) groups excluding carboxylic acids is 2. The molecule has 0 aliphatic heterocycles. The third-order valence-corrected chi connectivity index (χ3v) is 4.26. The van der Waals surface area contributed by atoms with Crippen LogP contribution in [0, 0.1) is 0 Å². The summed E-state index contributed by atoms with van der Waals surface area (Å²) in [6.45, 7) is -0.0903. The van der Waals surface area contributed by atoms with Crippen molar-refractivity contribution in [2.45, 2.75) is 0 Å². The van der Waals surface area contributed by atoms with Gasteiger partial charge in [0.05, 0.1) is 12.2 Å². The summed E-state index contributed by atoms with van der Waals surface area (Å²) in [5, 5.41) is 7.44. The SMILES string of the molecule is O=C(CNC(=O)c1ccc2ccccc2c1)Nc1ccccc1Br. The molecule has 0 bridgehead atoms. The summed E-state index contributed by atoms with van der Waals surface area (Å²) in [6, 6.07) is 20.6. The number of nitrogens with one attached hydrogen (secondary N) is 2. The summed E-state index contributed by atoms with van der Waals surface area (Å²) in [5.74, 6) is -0.556. The van der Waals surface area contributed by atoms with Crippen LogP contribution >= 0.6 is 15.9 Å². The molecule has 0 aliphatic rings. The van der Waals surface area contributed by atoms with E-state index in [1.807, 2.05) is 54.6 Å². The molecule has 0 saturated heterocycles. The lowest BCUT2D eigenvalue weighted by molar-refractivity contribution is -0.115. The van der Waals surface area contributed by atoms with Gasteiger partial charge in [0.2, 0.25) is 5.91 Å². The predicted molar refractivity (Wildman–Crippen MR) is 99.1 cm³/mol. The van der Waals surface area contributed by atoms with Gasteiger partial charge in [-0.2, -0.15) is 0 Å². The molecule has 2 amide bonds. The molecule has 0 spiro atoms. The summed E-state index contributed by atoms with van der Waals surface area (Å²) in [6.07, 6.45) is 0. The number of rotatable bonds is 4. The van der Waals surface area contributed by atoms with Gasteiger partial charge in [-0.25, -0.2) is 0 Å². The molecule has 5 heteroatoms. The van der Waals surface area contributed by atoms with Crippen molar-refractivity contribution in [1.29, 1.82) is 0 Å². The Bertz CT molecular complexity index is 909. The first-order valence-electron chi connectivity index (χ1n) is 7.45. The molecule has 3 aromatic carbocycles. The van der Waals surface area contributed by atoms with Crippen LogP contribution in [0.1, 0.15) is 10.4 Å². The number of benzene rings is 3. The highest BCUT2D eigenvalue weighted by Crippen LogP contribution is 2.21. The van der Waals surface area contributed by atoms with Crippen LogP contribution in [0.4, 0.5) is 5.69 Å². The predicted octanol–water partition coefficient (Wildman–Crippen LogP) is 3.97. The Hall–Kier alpha value is -2.66. The van der Waals surface area contributed by atoms with Crippen molar-refractivity contribution < 1.29 is 9.59 Å². The largest absolute Gasteiger partial charge is 0.343 e. The molecule has 0 radical (unpaired) electrons. The van der Waals surface area contributed by atoms with E-state index in [1.54, 1.807) is 12.1 Å². The number of hydrogen-bond acceptors (Lipinski definition) is 2. The van der Waals surface area contributed by atoms with Crippen LogP contribution in [0.2, 0.25) is 0 Å². The third-order valence-electron chi connectivity index (χ3n) is 3.57. The van der Waals surface area contributed by atoms with Crippen LogP contribution in [0.15, 0.2) is 71.2 Å². The maximum atomic E-state index is 12.2. The molecule has 3 rings (SSSR count). The molecule has 0 heterocycles. The number of hydrogen-bond donors (Lipinski definition) is 2. The van der Waals surface area contributed by atoms with Crippen molar-refractivity contribution in [3.05, 3.63) is 76.8 Å². The first kappa shape index (κ1) is 16.2. The van der Waals surface area contributed by atoms with Gasteiger partial charge in [0, 0.05) is 10.0 Å². The van der Waals surface area contributed by atoms with Crippen molar-refractivity contribution >= 4 is 44.2 Å². The fourth-order valence-corrected chi connectivity index (χ4v) is 2.73. The Morgan fingerprint density at radius 3 is 2.38 bits per heavy atom. The standard InChI is InChI=1S/C19H15BrN2O2/c20-16-7-3-4-8-17(16)22-18(23)12-21-19(24)15-10-9-13-5-1-2-6-14(13)11-15/h1-11H,12H2,(H,21,24)(H,22,23). The second-order valence-corrected chi connectivity index (χ2v) is 6.13. The zero-order chi connectivity index (χ0) is 16.9. The molecule has 2 N–H and O–H groups in total. The van der Waals surface area contributed by atoms with E-state index in [0.717, 1.165) is 15.2 Å². The Morgan fingerprint density at radius 1 is 0.875 bits per heavy atom. The molecule has 0 atom stereocenters. The number of para-hydroxylation sites is 1. The maximum absolute atomic E-state index is 12.2. The second kappa shape index (κ2) is 7.27. The molecule has 3 aromatic rings. The van der Waals surface area contributed by atoms with Crippen LogP contribution in [0.3, 0.4) is 0 Å². The fourth-order valence-electron chi connectivity index (χ4n) is 2.35. The van der Waals surface area contributed by atoms with E-state index in [-0.39, 0.29) is 18.4 Å². The van der Waals surface area contributed by atoms with Gasteiger partial charge in [0.25, 0.3) is 5.91 Å². The van der Waals surface area contributed by atoms with Crippen LogP contribution in [0.25, 0.3) is 10.8 Å². The smallest absolute Gasteiger partial charge is 0.251 e. The van der Waals surface area contributed by atoms with Gasteiger partial charge in [-0.15, -0.1) is 0 Å². The zero-order valence-electron chi connectivity index (χ0n) is 12.8. The van der Waals surface area contributed by atoms with Gasteiger partial charge in [0.1, 0.15) is 0 Å². The van der Waals surface area contributed by atoms with Crippen LogP contribution in [-0.2, 0) is 4.79 Å². The van der Waals surface area contributed by atoms with Gasteiger partial charge in [0.15, 0.2) is 0 Å². The zero-order valence-corrected chi connectivity index (χ0v) is 14.3. The van der Waals surface area contributed by atoms with Crippen molar-refractivity contribution in [2.24, 2.45) is 0 Å². The van der Waals surface area contributed by atoms with Gasteiger partial charge in [-0.05, 0) is 51.0 Å². The minimum atomic E-state index is -0.281. The minimum Gasteiger partial charge on any atom is -0.343 e. The maximum Gasteiger partial charge on any atom is 0.251 e. The fraction of sp³-hybridized carbons (Fsp3) is 0.0526. The number of fused-ring (bicyclic) bond motifs is 1. The lowest BCUT2D eigenvalue weighted by Crippen LogP contribution is -2.32. The molecule has 0 saturated carbocycles. The average molecular weight is 383 g/mol. The van der Waals surface area contributed by atoms with E-state index < -0.39 is 0 Å². The highest BCUT2D eigenvalue weighted by atomic mass is 79.9.